The van der Waals surface area contributed by atoms with Crippen molar-refractivity contribution in [2.24, 2.45) is 0 Å². The first kappa shape index (κ1) is 24.7. The highest BCUT2D eigenvalue weighted by Crippen LogP contribution is 2.39. The Morgan fingerprint density at radius 1 is 1.06 bits per heavy atom. The predicted molar refractivity (Wildman–Crippen MR) is 135 cm³/mol. The number of nitrogens with zero attached hydrogens (tertiary/aromatic N) is 1. The molecule has 1 N–H and O–H groups in total. The molecule has 1 aromatic heterocycles. The van der Waals surface area contributed by atoms with Gasteiger partial charge in [-0.15, -0.1) is 11.3 Å². The molecule has 0 saturated heterocycles. The third kappa shape index (κ3) is 5.65. The van der Waals surface area contributed by atoms with E-state index >= 15 is 0 Å². The third-order valence-corrected chi connectivity index (χ3v) is 7.09. The summed E-state index contributed by atoms with van der Waals surface area (Å²) in [7, 11) is 3.03. The first-order valence-electron chi connectivity index (χ1n) is 11.6. The van der Waals surface area contributed by atoms with Crippen LogP contribution in [-0.4, -0.2) is 32.1 Å². The molecule has 4 rings (SSSR count). The zero-order chi connectivity index (χ0) is 24.8. The van der Waals surface area contributed by atoms with E-state index in [1.54, 1.807) is 18.2 Å². The fraction of sp³-hybridized carbons (Fsp3) is 0.333. The molecular weight excluding hydrogens is 467 g/mol. The number of nitrogens with one attached hydrogen (secondary N) is 1. The van der Waals surface area contributed by atoms with E-state index in [-0.39, 0.29) is 24.3 Å². The summed E-state index contributed by atoms with van der Waals surface area (Å²) in [4.78, 5) is 30.0. The van der Waals surface area contributed by atoms with Crippen LogP contribution in [0.15, 0.2) is 60.0 Å². The van der Waals surface area contributed by atoms with Crippen LogP contribution in [-0.2, 0) is 16.0 Å². The number of para-hydroxylation sites is 1. The number of ether oxygens (including phenoxy) is 2. The minimum atomic E-state index is -1.04. The number of rotatable bonds is 9. The van der Waals surface area contributed by atoms with Gasteiger partial charge in [0.05, 0.1) is 20.6 Å². The third-order valence-electron chi connectivity index (χ3n) is 6.22. The molecule has 1 saturated carbocycles. The smallest absolute Gasteiger partial charge is 0.248 e. The number of thiophene rings is 1. The highest BCUT2D eigenvalue weighted by atomic mass is 32.1. The van der Waals surface area contributed by atoms with E-state index in [9.17, 15) is 14.0 Å². The van der Waals surface area contributed by atoms with Crippen molar-refractivity contribution >= 4 is 28.8 Å². The molecule has 1 heterocycles. The molecule has 0 aliphatic heterocycles. The van der Waals surface area contributed by atoms with E-state index in [1.807, 2.05) is 17.5 Å². The lowest BCUT2D eigenvalue weighted by molar-refractivity contribution is -0.127. The van der Waals surface area contributed by atoms with Crippen LogP contribution in [0.5, 0.6) is 11.5 Å². The average Bonchev–Trinajstić information content (AvgIpc) is 3.57. The molecule has 3 aromatic rings. The predicted octanol–water partition coefficient (Wildman–Crippen LogP) is 5.28. The molecule has 2 aromatic carbocycles. The van der Waals surface area contributed by atoms with Crippen LogP contribution in [0.25, 0.3) is 0 Å². The van der Waals surface area contributed by atoms with Crippen LogP contribution in [0.3, 0.4) is 0 Å². The Labute approximate surface area is 208 Å². The van der Waals surface area contributed by atoms with Crippen molar-refractivity contribution in [1.82, 2.24) is 5.32 Å². The standard InChI is InChI=1S/C27H29FN2O4S/c1-33-23-11-5-10-22(26(23)34-2)25(27(32)29-19-7-3-4-8-19)30(20-14-12-18(28)13-15-20)24(31)17-21-9-6-16-35-21/h5-6,9-16,19,25H,3-4,7-8,17H2,1-2H3,(H,29,32)/t25-/m1/s1. The number of benzene rings is 2. The van der Waals surface area contributed by atoms with Crippen LogP contribution in [0, 0.1) is 5.82 Å². The van der Waals surface area contributed by atoms with Gasteiger partial charge in [0.1, 0.15) is 11.9 Å². The lowest BCUT2D eigenvalue weighted by atomic mass is 10.00. The molecular formula is C27H29FN2O4S. The molecule has 1 fully saturated rings. The summed E-state index contributed by atoms with van der Waals surface area (Å²) in [6.07, 6.45) is 4.00. The summed E-state index contributed by atoms with van der Waals surface area (Å²) in [6.45, 7) is 0. The first-order valence-corrected chi connectivity index (χ1v) is 12.5. The Bertz CT molecular complexity index is 1140. The van der Waals surface area contributed by atoms with Gasteiger partial charge >= 0.3 is 0 Å². The van der Waals surface area contributed by atoms with Crippen molar-refractivity contribution in [1.29, 1.82) is 0 Å². The van der Waals surface area contributed by atoms with Gasteiger partial charge in [0.2, 0.25) is 11.8 Å². The van der Waals surface area contributed by atoms with Gasteiger partial charge in [0.15, 0.2) is 11.5 Å². The first-order chi connectivity index (χ1) is 17.0. The van der Waals surface area contributed by atoms with Crippen molar-refractivity contribution < 1.29 is 23.5 Å². The number of hydrogen-bond donors (Lipinski definition) is 1. The van der Waals surface area contributed by atoms with Crippen molar-refractivity contribution in [3.8, 4) is 11.5 Å². The summed E-state index contributed by atoms with van der Waals surface area (Å²) in [6, 6.07) is 13.6. The summed E-state index contributed by atoms with van der Waals surface area (Å²) >= 11 is 1.47. The van der Waals surface area contributed by atoms with Crippen LogP contribution in [0.4, 0.5) is 10.1 Å². The maximum Gasteiger partial charge on any atom is 0.248 e. The highest BCUT2D eigenvalue weighted by molar-refractivity contribution is 7.10. The molecule has 8 heteroatoms. The quantitative estimate of drug-likeness (QED) is 0.438. The minimum absolute atomic E-state index is 0.0454. The maximum absolute atomic E-state index is 13.9. The summed E-state index contributed by atoms with van der Waals surface area (Å²) < 4.78 is 24.9. The second-order valence-corrected chi connectivity index (χ2v) is 9.50. The highest BCUT2D eigenvalue weighted by Gasteiger charge is 2.37. The van der Waals surface area contributed by atoms with E-state index in [2.05, 4.69) is 5.32 Å². The van der Waals surface area contributed by atoms with Gasteiger partial charge in [-0.2, -0.15) is 0 Å². The molecule has 0 radical (unpaired) electrons. The summed E-state index contributed by atoms with van der Waals surface area (Å²) in [5.41, 5.74) is 0.913. The molecule has 184 valence electrons. The van der Waals surface area contributed by atoms with Crippen molar-refractivity contribution in [2.45, 2.75) is 44.2 Å². The zero-order valence-electron chi connectivity index (χ0n) is 19.8. The van der Waals surface area contributed by atoms with Crippen molar-refractivity contribution in [2.75, 3.05) is 19.1 Å². The Hall–Kier alpha value is -3.39. The number of carbonyl (C=O) groups is 2. The van der Waals surface area contributed by atoms with E-state index in [0.29, 0.717) is 22.7 Å². The molecule has 6 nitrogen and oxygen atoms in total. The SMILES string of the molecule is COc1cccc([C@H](C(=O)NC2CCCC2)N(C(=O)Cc2cccs2)c2ccc(F)cc2)c1OC. The van der Waals surface area contributed by atoms with Gasteiger partial charge in [0, 0.05) is 22.2 Å². The Morgan fingerprint density at radius 3 is 2.43 bits per heavy atom. The van der Waals surface area contributed by atoms with Crippen LogP contribution < -0.4 is 19.7 Å². The number of carbonyl (C=O) groups excluding carboxylic acids is 2. The Morgan fingerprint density at radius 2 is 1.80 bits per heavy atom. The maximum atomic E-state index is 13.9. The van der Waals surface area contributed by atoms with Crippen LogP contribution in [0.2, 0.25) is 0 Å². The van der Waals surface area contributed by atoms with Gasteiger partial charge in [-0.25, -0.2) is 4.39 Å². The number of anilines is 1. The second kappa shape index (κ2) is 11.4. The van der Waals surface area contributed by atoms with Crippen LogP contribution >= 0.6 is 11.3 Å². The van der Waals surface area contributed by atoms with Crippen molar-refractivity contribution in [3.05, 3.63) is 76.2 Å². The molecule has 2 amide bonds. The van der Waals surface area contributed by atoms with Crippen LogP contribution in [0.1, 0.15) is 42.2 Å². The molecule has 0 spiro atoms. The minimum Gasteiger partial charge on any atom is -0.493 e. The largest absolute Gasteiger partial charge is 0.493 e. The number of halogens is 1. The van der Waals surface area contributed by atoms with Gasteiger partial charge in [0.25, 0.3) is 0 Å². The fourth-order valence-corrected chi connectivity index (χ4v) is 5.26. The normalized spacial score (nSPS) is 14.4. The summed E-state index contributed by atoms with van der Waals surface area (Å²) in [5, 5.41) is 5.04. The van der Waals surface area contributed by atoms with Gasteiger partial charge in [-0.3, -0.25) is 14.5 Å². The fourth-order valence-electron chi connectivity index (χ4n) is 4.56. The molecule has 35 heavy (non-hydrogen) atoms. The van der Waals surface area contributed by atoms with Crippen molar-refractivity contribution in [3.63, 3.8) is 0 Å². The van der Waals surface area contributed by atoms with Gasteiger partial charge < -0.3 is 14.8 Å². The molecule has 1 aliphatic carbocycles. The van der Waals surface area contributed by atoms with E-state index < -0.39 is 11.9 Å². The van der Waals surface area contributed by atoms with Gasteiger partial charge in [-0.1, -0.05) is 31.0 Å². The van der Waals surface area contributed by atoms with Gasteiger partial charge in [-0.05, 0) is 54.6 Å². The Kier molecular flexibility index (Phi) is 8.02. The number of amides is 2. The van der Waals surface area contributed by atoms with E-state index in [1.165, 1.54) is 54.7 Å². The van der Waals surface area contributed by atoms with E-state index in [4.69, 9.17) is 9.47 Å². The number of methoxy groups -OCH3 is 2. The average molecular weight is 497 g/mol. The molecule has 1 aliphatic rings. The zero-order valence-corrected chi connectivity index (χ0v) is 20.6. The number of hydrogen-bond acceptors (Lipinski definition) is 5. The second-order valence-electron chi connectivity index (χ2n) is 8.47. The molecule has 1 atom stereocenters. The topological polar surface area (TPSA) is 67.9 Å². The lowest BCUT2D eigenvalue weighted by Gasteiger charge is -2.33. The Balaban J connectivity index is 1.84. The summed E-state index contributed by atoms with van der Waals surface area (Å²) in [5.74, 6) is -0.195. The molecule has 0 bridgehead atoms. The monoisotopic (exact) mass is 496 g/mol. The molecule has 0 unspecified atom stereocenters. The lowest BCUT2D eigenvalue weighted by Crippen LogP contribution is -2.47. The van der Waals surface area contributed by atoms with E-state index in [0.717, 1.165) is 30.6 Å².